The minimum Gasteiger partial charge on any atom is -0.508 e. The Morgan fingerprint density at radius 3 is 2.33 bits per heavy atom. The molecule has 3 rings (SSSR count). The van der Waals surface area contributed by atoms with Crippen molar-refractivity contribution in [1.29, 1.82) is 0 Å². The number of aromatic hydroxyl groups is 1. The molecule has 2 aromatic rings. The number of halogens is 1. The van der Waals surface area contributed by atoms with E-state index in [4.69, 9.17) is 16.3 Å². The second kappa shape index (κ2) is 12.3. The molecule has 1 aliphatic carbocycles. The van der Waals surface area contributed by atoms with Gasteiger partial charge in [-0.2, -0.15) is 0 Å². The van der Waals surface area contributed by atoms with Crippen LogP contribution in [-0.4, -0.2) is 45.6 Å². The fourth-order valence-corrected chi connectivity index (χ4v) is 4.84. The Kier molecular flexibility index (Phi) is 9.54. The fraction of sp³-hybridized carbons (Fsp3) is 0.500. The van der Waals surface area contributed by atoms with Crippen LogP contribution in [0.15, 0.2) is 42.5 Å². The molecule has 1 saturated carbocycles. The maximum absolute atomic E-state index is 14.4. The van der Waals surface area contributed by atoms with Crippen molar-refractivity contribution in [2.75, 3.05) is 5.32 Å². The van der Waals surface area contributed by atoms with E-state index in [2.05, 4.69) is 10.6 Å². The van der Waals surface area contributed by atoms with E-state index in [0.717, 1.165) is 5.56 Å². The highest BCUT2D eigenvalue weighted by molar-refractivity contribution is 6.34. The Bertz CT molecular complexity index is 1190. The summed E-state index contributed by atoms with van der Waals surface area (Å²) in [6.45, 7) is 12.9. The minimum absolute atomic E-state index is 0.111. The quantitative estimate of drug-likeness (QED) is 0.340. The molecule has 5 unspecified atom stereocenters. The number of carbonyl (C=O) groups is 3. The van der Waals surface area contributed by atoms with Crippen molar-refractivity contribution >= 4 is 35.2 Å². The molecule has 1 fully saturated rings. The lowest BCUT2D eigenvalue weighted by molar-refractivity contribution is -0.142. The summed E-state index contributed by atoms with van der Waals surface area (Å²) in [4.78, 5) is 42.7. The Hall–Kier alpha value is -3.26. The first kappa shape index (κ1) is 30.3. The third-order valence-electron chi connectivity index (χ3n) is 7.06. The number of hydrogen-bond donors (Lipinski definition) is 3. The normalized spacial score (nSPS) is 18.9. The molecule has 0 heterocycles. The molecule has 1 aliphatic rings. The van der Waals surface area contributed by atoms with Crippen molar-refractivity contribution in [3.8, 4) is 5.75 Å². The summed E-state index contributed by atoms with van der Waals surface area (Å²) < 4.78 is 5.45. The predicted molar refractivity (Wildman–Crippen MR) is 153 cm³/mol. The molecule has 8 nitrogen and oxygen atoms in total. The zero-order valence-electron chi connectivity index (χ0n) is 23.7. The SMILES string of the molecule is CCC(C)C(NC(=O)OC(C)(C)C)C(=O)N(C(C(=O)Nc1c(C)cccc1Cl)c1ccccc1O)C1CC1C. The van der Waals surface area contributed by atoms with Crippen molar-refractivity contribution in [3.05, 3.63) is 58.6 Å². The molecule has 0 radical (unpaired) electrons. The number of alkyl carbamates (subject to hydrolysis) is 1. The van der Waals surface area contributed by atoms with Crippen LogP contribution >= 0.6 is 11.6 Å². The third kappa shape index (κ3) is 7.44. The van der Waals surface area contributed by atoms with Crippen molar-refractivity contribution in [2.45, 2.75) is 85.0 Å². The molecule has 3 amide bonds. The Morgan fingerprint density at radius 1 is 1.15 bits per heavy atom. The van der Waals surface area contributed by atoms with Gasteiger partial charge in [0.25, 0.3) is 5.91 Å². The third-order valence-corrected chi connectivity index (χ3v) is 7.37. The van der Waals surface area contributed by atoms with Crippen LogP contribution in [0.4, 0.5) is 10.5 Å². The van der Waals surface area contributed by atoms with E-state index < -0.39 is 35.6 Å². The molecule has 0 bridgehead atoms. The van der Waals surface area contributed by atoms with E-state index >= 15 is 0 Å². The number of amides is 3. The standard InChI is InChI=1S/C30H40ClN3O5/c1-8-17(2)25(33-29(38)39-30(5,6)7)28(37)34(22-16-19(22)4)26(20-13-9-10-15-23(20)35)27(36)32-24-18(3)12-11-14-21(24)31/h9-15,17,19,22,25-26,35H,8,16H2,1-7H3,(H,32,36)(H,33,38). The van der Waals surface area contributed by atoms with Gasteiger partial charge in [-0.15, -0.1) is 0 Å². The highest BCUT2D eigenvalue weighted by Gasteiger charge is 2.49. The van der Waals surface area contributed by atoms with E-state index in [9.17, 15) is 19.5 Å². The number of carbonyl (C=O) groups excluding carboxylic acids is 3. The van der Waals surface area contributed by atoms with Gasteiger partial charge in [-0.1, -0.05) is 69.1 Å². The van der Waals surface area contributed by atoms with E-state index in [0.29, 0.717) is 23.6 Å². The second-order valence-electron chi connectivity index (χ2n) is 11.4. The van der Waals surface area contributed by atoms with Crippen molar-refractivity contribution in [2.24, 2.45) is 11.8 Å². The van der Waals surface area contributed by atoms with E-state index in [1.807, 2.05) is 33.8 Å². The van der Waals surface area contributed by atoms with Gasteiger partial charge in [0, 0.05) is 11.6 Å². The molecular formula is C30H40ClN3O5. The summed E-state index contributed by atoms with van der Waals surface area (Å²) in [5, 5.41) is 16.9. The molecule has 9 heteroatoms. The maximum atomic E-state index is 14.4. The van der Waals surface area contributed by atoms with Crippen molar-refractivity contribution in [3.63, 3.8) is 0 Å². The summed E-state index contributed by atoms with van der Waals surface area (Å²) in [6.07, 6.45) is 0.584. The van der Waals surface area contributed by atoms with Crippen LogP contribution in [0.1, 0.15) is 71.6 Å². The number of para-hydroxylation sites is 2. The number of ether oxygens (including phenoxy) is 1. The molecule has 212 valence electrons. The number of phenolic OH excluding ortho intramolecular Hbond substituents is 1. The zero-order valence-corrected chi connectivity index (χ0v) is 24.5. The molecule has 2 aromatic carbocycles. The average molecular weight is 558 g/mol. The van der Waals surface area contributed by atoms with Gasteiger partial charge in [-0.3, -0.25) is 9.59 Å². The monoisotopic (exact) mass is 557 g/mol. The smallest absolute Gasteiger partial charge is 0.408 e. The van der Waals surface area contributed by atoms with Gasteiger partial charge in [0.15, 0.2) is 0 Å². The first-order valence-electron chi connectivity index (χ1n) is 13.4. The van der Waals surface area contributed by atoms with Crippen LogP contribution < -0.4 is 10.6 Å². The molecular weight excluding hydrogens is 518 g/mol. The van der Waals surface area contributed by atoms with Crippen molar-refractivity contribution < 1.29 is 24.2 Å². The summed E-state index contributed by atoms with van der Waals surface area (Å²) >= 11 is 6.41. The van der Waals surface area contributed by atoms with Crippen LogP contribution in [0.25, 0.3) is 0 Å². The van der Waals surface area contributed by atoms with Gasteiger partial charge in [-0.25, -0.2) is 4.79 Å². The highest BCUT2D eigenvalue weighted by Crippen LogP contribution is 2.43. The number of aryl methyl sites for hydroxylation is 1. The van der Waals surface area contributed by atoms with Crippen LogP contribution in [-0.2, 0) is 14.3 Å². The maximum Gasteiger partial charge on any atom is 0.408 e. The summed E-state index contributed by atoms with van der Waals surface area (Å²) in [5.74, 6) is -1.15. The van der Waals surface area contributed by atoms with Crippen LogP contribution in [0, 0.1) is 18.8 Å². The first-order valence-corrected chi connectivity index (χ1v) is 13.8. The number of nitrogens with zero attached hydrogens (tertiary/aromatic N) is 1. The topological polar surface area (TPSA) is 108 Å². The number of rotatable bonds is 9. The Labute approximate surface area is 236 Å². The second-order valence-corrected chi connectivity index (χ2v) is 11.8. The lowest BCUT2D eigenvalue weighted by Crippen LogP contribution is -2.55. The Morgan fingerprint density at radius 2 is 1.79 bits per heavy atom. The average Bonchev–Trinajstić information content (AvgIpc) is 3.57. The van der Waals surface area contributed by atoms with Gasteiger partial charge in [0.1, 0.15) is 23.4 Å². The zero-order chi connectivity index (χ0) is 29.1. The number of benzene rings is 2. The van der Waals surface area contributed by atoms with Gasteiger partial charge in [0.05, 0.1) is 10.7 Å². The van der Waals surface area contributed by atoms with Crippen LogP contribution in [0.2, 0.25) is 5.02 Å². The molecule has 0 aliphatic heterocycles. The van der Waals surface area contributed by atoms with E-state index in [1.165, 1.54) is 11.0 Å². The number of hydrogen-bond acceptors (Lipinski definition) is 5. The van der Waals surface area contributed by atoms with Gasteiger partial charge in [-0.05, 0) is 63.6 Å². The number of phenols is 1. The molecule has 3 N–H and O–H groups in total. The number of anilines is 1. The van der Waals surface area contributed by atoms with Crippen LogP contribution in [0.3, 0.4) is 0 Å². The van der Waals surface area contributed by atoms with Crippen LogP contribution in [0.5, 0.6) is 5.75 Å². The fourth-order valence-electron chi connectivity index (χ4n) is 4.57. The molecule has 0 spiro atoms. The largest absolute Gasteiger partial charge is 0.508 e. The first-order chi connectivity index (χ1) is 18.2. The number of nitrogens with one attached hydrogen (secondary N) is 2. The van der Waals surface area contributed by atoms with E-state index in [-0.39, 0.29) is 29.2 Å². The lowest BCUT2D eigenvalue weighted by atomic mass is 9.95. The van der Waals surface area contributed by atoms with Gasteiger partial charge >= 0.3 is 6.09 Å². The van der Waals surface area contributed by atoms with Crippen molar-refractivity contribution in [1.82, 2.24) is 10.2 Å². The Balaban J connectivity index is 2.08. The summed E-state index contributed by atoms with van der Waals surface area (Å²) in [6, 6.07) is 9.40. The predicted octanol–water partition coefficient (Wildman–Crippen LogP) is 6.21. The molecule has 39 heavy (non-hydrogen) atoms. The molecule has 5 atom stereocenters. The highest BCUT2D eigenvalue weighted by atomic mass is 35.5. The molecule has 0 aromatic heterocycles. The lowest BCUT2D eigenvalue weighted by Gasteiger charge is -2.36. The molecule has 0 saturated heterocycles. The summed E-state index contributed by atoms with van der Waals surface area (Å²) in [7, 11) is 0. The minimum atomic E-state index is -1.17. The van der Waals surface area contributed by atoms with Gasteiger partial charge in [0.2, 0.25) is 5.91 Å². The van der Waals surface area contributed by atoms with E-state index in [1.54, 1.807) is 51.1 Å². The summed E-state index contributed by atoms with van der Waals surface area (Å²) in [5.41, 5.74) is 0.732. The van der Waals surface area contributed by atoms with Gasteiger partial charge < -0.3 is 25.4 Å².